The Hall–Kier alpha value is -13.5. The van der Waals surface area contributed by atoms with Crippen LogP contribution in [0.2, 0.25) is 0 Å². The number of hydrogen-bond donors (Lipinski definition) is 7. The fourth-order valence-corrected chi connectivity index (χ4v) is 10.8. The number of nitrogen functional groups attached to an aromatic ring is 1. The first-order valence-corrected chi connectivity index (χ1v) is 38.2. The summed E-state index contributed by atoms with van der Waals surface area (Å²) in [6.45, 7) is 16.3. The highest BCUT2D eigenvalue weighted by molar-refractivity contribution is 5.97. The summed E-state index contributed by atoms with van der Waals surface area (Å²) in [5, 5.41) is 23.7. The molecular formula is C88H103N9O22. The van der Waals surface area contributed by atoms with Crippen LogP contribution in [0.1, 0.15) is 144 Å². The molecule has 0 saturated heterocycles. The Morgan fingerprint density at radius 3 is 1.08 bits per heavy atom. The highest BCUT2D eigenvalue weighted by Crippen LogP contribution is 2.23. The molecule has 8 N–H and O–H groups in total. The zero-order valence-corrected chi connectivity index (χ0v) is 68.2. The molecule has 4 amide bonds. The molecule has 119 heavy (non-hydrogen) atoms. The quantitative estimate of drug-likeness (QED) is 0.0107. The Morgan fingerprint density at radius 2 is 0.723 bits per heavy atom. The second-order valence-electron chi connectivity index (χ2n) is 25.5. The molecule has 5 heterocycles. The van der Waals surface area contributed by atoms with Crippen LogP contribution >= 0.6 is 0 Å². The largest absolute Gasteiger partial charge is 0.483 e. The van der Waals surface area contributed by atoms with Gasteiger partial charge in [-0.25, -0.2) is 9.47 Å². The molecule has 0 radical (unpaired) electrons. The van der Waals surface area contributed by atoms with E-state index < -0.39 is 34.9 Å². The van der Waals surface area contributed by atoms with Gasteiger partial charge in [0.25, 0.3) is 29.4 Å². The minimum absolute atomic E-state index is 0.0105. The summed E-state index contributed by atoms with van der Waals surface area (Å²) in [7, 11) is 6.18. The van der Waals surface area contributed by atoms with Crippen LogP contribution < -0.4 is 77.9 Å². The number of carboxylic acids is 1. The number of aryl methyl sites for hydroxylation is 5. The predicted molar refractivity (Wildman–Crippen MR) is 448 cm³/mol. The number of aromatic carboxylic acids is 1. The smallest absolute Gasteiger partial charge is 0.375 e. The van der Waals surface area contributed by atoms with E-state index in [0.29, 0.717) is 113 Å². The number of carbonyl (C=O) groups is 5. The number of methoxy groups -OCH3 is 4. The van der Waals surface area contributed by atoms with Crippen LogP contribution in [0.25, 0.3) is 0 Å². The molecule has 0 atom stereocenters. The monoisotopic (exact) mass is 1640 g/mol. The molecule has 10 aromatic rings. The van der Waals surface area contributed by atoms with E-state index in [2.05, 4.69) is 38.1 Å². The van der Waals surface area contributed by atoms with Gasteiger partial charge < -0.3 is 88.7 Å². The van der Waals surface area contributed by atoms with E-state index in [1.54, 1.807) is 28.3 Å². The first-order chi connectivity index (χ1) is 57.6. The van der Waals surface area contributed by atoms with E-state index >= 15 is 0 Å². The van der Waals surface area contributed by atoms with Crippen LogP contribution in [-0.2, 0) is 84.1 Å². The summed E-state index contributed by atoms with van der Waals surface area (Å²) in [4.78, 5) is 125. The van der Waals surface area contributed by atoms with Crippen LogP contribution in [0.15, 0.2) is 220 Å². The zero-order valence-electron chi connectivity index (χ0n) is 68.2. The molecule has 31 heteroatoms. The highest BCUT2D eigenvalue weighted by atomic mass is 16.5. The summed E-state index contributed by atoms with van der Waals surface area (Å²) in [5.41, 5.74) is 4.52. The third kappa shape index (κ3) is 29.9. The number of aromatic nitrogens is 3. The second-order valence-corrected chi connectivity index (χ2v) is 25.5. The Labute approximate surface area is 688 Å². The topological polar surface area (TPSA) is 412 Å². The molecule has 632 valence electrons. The van der Waals surface area contributed by atoms with Gasteiger partial charge in [-0.05, 0) is 47.1 Å². The number of rotatable bonds is 38. The van der Waals surface area contributed by atoms with E-state index in [4.69, 9.17) is 62.4 Å². The average Bonchev–Trinajstić information content (AvgIpc) is 0.794. The molecule has 0 bridgehead atoms. The van der Waals surface area contributed by atoms with Crippen LogP contribution in [0, 0.1) is 0 Å². The summed E-state index contributed by atoms with van der Waals surface area (Å²) < 4.78 is 60.9. The van der Waals surface area contributed by atoms with Crippen LogP contribution in [0.4, 0.5) is 0 Å². The predicted octanol–water partition coefficient (Wildman–Crippen LogP) is 9.44. The van der Waals surface area contributed by atoms with E-state index in [-0.39, 0.29) is 112 Å². The first-order valence-electron chi connectivity index (χ1n) is 38.2. The van der Waals surface area contributed by atoms with Crippen molar-refractivity contribution in [2.24, 2.45) is 5.10 Å². The van der Waals surface area contributed by atoms with Crippen molar-refractivity contribution in [3.63, 3.8) is 0 Å². The van der Waals surface area contributed by atoms with Gasteiger partial charge in [-0.3, -0.25) is 47.8 Å². The number of carboxylic acid groups (broad SMARTS) is 1. The molecule has 0 spiro atoms. The number of pyridine rings is 3. The van der Waals surface area contributed by atoms with Crippen molar-refractivity contribution in [1.29, 1.82) is 0 Å². The van der Waals surface area contributed by atoms with Crippen molar-refractivity contribution >= 4 is 36.3 Å². The molecule has 10 rings (SSSR count). The van der Waals surface area contributed by atoms with Crippen molar-refractivity contribution in [2.45, 2.75) is 99.8 Å². The molecule has 0 fully saturated rings. The van der Waals surface area contributed by atoms with Gasteiger partial charge in [-0.15, -0.1) is 0 Å². The van der Waals surface area contributed by atoms with Gasteiger partial charge in [0.15, 0.2) is 34.3 Å². The second kappa shape index (κ2) is 51.5. The molecule has 5 aromatic carbocycles. The molecule has 0 unspecified atom stereocenters. The molecule has 0 saturated carbocycles. The standard InChI is InChI=1S/C19H23N3O4.C18H23N3O4.C18H22N2O4.C18H21NO5.C15H14O5/c1-4-15-12-16(23)18(26-13-14-8-6-5-7-9-14)17(22(15)20-2)19(24)21-10-11-25-3;1-3-14-11-15(22)17(25-12-13-7-5-4-6-8-13)16(21(14)19)18(23)20-9-10-24-2;1-3-14-11-15(21)17(24-12-13-7-5-4-6-8-13)16(20-14)18(22)19-9-10-23-2;1-3-14-11-15(20)16(23-12-13-7-5-4-6-8-13)17(24-14)18(21)19-9-10-22-2;1-2-11-8-12(16)13(14(20-11)15(17)18)19-9-10-6-4-3-5-7-10/h5-9,12H,2,4,10-11,13H2,1,3H3,(H,21,24);4-8,11H,3,9-10,12,19H2,1-2H3,(H,20,23);4-8,11H,3,9-10,12H2,1-2H3,(H,19,22)(H,20,21);4-8,11H,3,9-10,12H2,1-2H3,(H,19,21);3-8H,2,9H2,1H3,(H,17,18). The SMILES string of the molecule is C=Nn1c(CC)cc(=O)c(OCc2ccccc2)c1C(=O)NCCOC.CCc1cc(=O)c(OCc2ccccc2)c(C(=O)NCCOC)[nH]1.CCc1cc(=O)c(OCc2ccccc2)c(C(=O)NCCOC)n1N.CCc1cc(=O)c(OCc2ccccc2)c(C(=O)NCCOC)o1.CCc1cc(=O)c(OCc2ccccc2)c(C(=O)O)o1. The number of carbonyl (C=O) groups excluding carboxylic acids is 4. The number of benzene rings is 5. The number of nitrogens with zero attached hydrogens (tertiary/aromatic N) is 3. The van der Waals surface area contributed by atoms with Gasteiger partial charge in [0.05, 0.1) is 26.4 Å². The molecule has 31 nitrogen and oxygen atoms in total. The van der Waals surface area contributed by atoms with Crippen molar-refractivity contribution in [3.05, 3.63) is 318 Å². The Bertz CT molecular complexity index is 5070. The van der Waals surface area contributed by atoms with Crippen LogP contribution in [0.5, 0.6) is 28.7 Å². The van der Waals surface area contributed by atoms with E-state index in [1.165, 1.54) is 46.8 Å². The minimum atomic E-state index is -1.32. The van der Waals surface area contributed by atoms with Crippen molar-refractivity contribution in [2.75, 3.05) is 86.9 Å². The summed E-state index contributed by atoms with van der Waals surface area (Å²) in [6, 6.07) is 53.7. The van der Waals surface area contributed by atoms with E-state index in [0.717, 1.165) is 27.8 Å². The summed E-state index contributed by atoms with van der Waals surface area (Å²) in [6.07, 6.45) is 2.60. The lowest BCUT2D eigenvalue weighted by molar-refractivity contribution is 0.0646. The number of nitrogens with one attached hydrogen (secondary N) is 5. The lowest BCUT2D eigenvalue weighted by atomic mass is 10.2. The highest BCUT2D eigenvalue weighted by Gasteiger charge is 2.27. The maximum atomic E-state index is 12.7. The Kier molecular flexibility index (Phi) is 40.8. The van der Waals surface area contributed by atoms with Gasteiger partial charge in [-0.2, -0.15) is 5.10 Å². The first kappa shape index (κ1) is 94.4. The lowest BCUT2D eigenvalue weighted by Crippen LogP contribution is -2.35. The molecular weight excluding hydrogens is 1540 g/mol. The number of nitrogens with two attached hydrogens (primary N) is 1. The maximum Gasteiger partial charge on any atom is 0.375 e. The van der Waals surface area contributed by atoms with Crippen molar-refractivity contribution in [3.8, 4) is 28.7 Å². The molecule has 5 aromatic heterocycles. The minimum Gasteiger partial charge on any atom is -0.483 e. The van der Waals surface area contributed by atoms with Gasteiger partial charge in [0.1, 0.15) is 44.6 Å². The molecule has 0 aliphatic heterocycles. The lowest BCUT2D eigenvalue weighted by Gasteiger charge is -2.17. The number of hydrogen-bond acceptors (Lipinski definition) is 23. The summed E-state index contributed by atoms with van der Waals surface area (Å²) >= 11 is 0. The number of H-pyrrole nitrogens is 1. The van der Waals surface area contributed by atoms with Crippen LogP contribution in [-0.4, -0.2) is 137 Å². The van der Waals surface area contributed by atoms with Gasteiger partial charge in [0, 0.05) is 122 Å². The Morgan fingerprint density at radius 1 is 0.403 bits per heavy atom. The van der Waals surface area contributed by atoms with E-state index in [1.807, 2.05) is 179 Å². The van der Waals surface area contributed by atoms with Gasteiger partial charge in [0.2, 0.25) is 44.4 Å². The zero-order chi connectivity index (χ0) is 86.4. The molecule has 0 aliphatic rings. The maximum absolute atomic E-state index is 12.7. The van der Waals surface area contributed by atoms with Crippen molar-refractivity contribution < 1.29 is 80.5 Å². The number of amides is 4. The number of ether oxygens (including phenoxy) is 9. The van der Waals surface area contributed by atoms with E-state index in [9.17, 15) is 47.9 Å². The van der Waals surface area contributed by atoms with Gasteiger partial charge in [-0.1, -0.05) is 186 Å². The normalized spacial score (nSPS) is 10.4. The third-order valence-electron chi connectivity index (χ3n) is 17.0. The fourth-order valence-electron chi connectivity index (χ4n) is 10.8. The third-order valence-corrected chi connectivity index (χ3v) is 17.0. The van der Waals surface area contributed by atoms with Crippen molar-refractivity contribution in [1.82, 2.24) is 35.6 Å². The fraction of sp³-hybridized carbons (Fsp3) is 0.307. The number of aromatic amines is 1. The Balaban J connectivity index is 0.000000231. The summed E-state index contributed by atoms with van der Waals surface area (Å²) in [5.74, 6) is 2.68. The molecule has 0 aliphatic carbocycles. The van der Waals surface area contributed by atoms with Crippen LogP contribution in [0.3, 0.4) is 0 Å². The van der Waals surface area contributed by atoms with Gasteiger partial charge >= 0.3 is 5.97 Å². The average molecular weight is 1640 g/mol.